The fourth-order valence-corrected chi connectivity index (χ4v) is 2.75. The largest absolute Gasteiger partial charge is 0.352 e. The molecule has 7 nitrogen and oxygen atoms in total. The lowest BCUT2D eigenvalue weighted by Gasteiger charge is -2.06. The SMILES string of the molecule is O=C(NO)c1ccc(CCNC(=O)c2ccc3nsnc3c2)cc1. The second-order valence-corrected chi connectivity index (χ2v) is 5.64. The number of hydrogen-bond acceptors (Lipinski definition) is 6. The highest BCUT2D eigenvalue weighted by Gasteiger charge is 2.08. The molecule has 24 heavy (non-hydrogen) atoms. The predicted octanol–water partition coefficient (Wildman–Crippen LogP) is 1.78. The fraction of sp³-hybridized carbons (Fsp3) is 0.125. The number of carbonyl (C=O) groups is 2. The number of hydroxylamine groups is 1. The van der Waals surface area contributed by atoms with Crippen molar-refractivity contribution in [2.75, 3.05) is 6.54 Å². The zero-order chi connectivity index (χ0) is 16.9. The van der Waals surface area contributed by atoms with E-state index >= 15 is 0 Å². The number of aromatic nitrogens is 2. The molecular weight excluding hydrogens is 328 g/mol. The van der Waals surface area contributed by atoms with Gasteiger partial charge in [-0.2, -0.15) is 8.75 Å². The number of amides is 2. The van der Waals surface area contributed by atoms with Gasteiger partial charge in [0.2, 0.25) is 0 Å². The predicted molar refractivity (Wildman–Crippen MR) is 89.1 cm³/mol. The Morgan fingerprint density at radius 3 is 2.42 bits per heavy atom. The van der Waals surface area contributed by atoms with Crippen molar-refractivity contribution in [1.29, 1.82) is 0 Å². The minimum absolute atomic E-state index is 0.166. The maximum absolute atomic E-state index is 12.1. The molecule has 0 fully saturated rings. The van der Waals surface area contributed by atoms with Crippen molar-refractivity contribution in [2.45, 2.75) is 6.42 Å². The Hall–Kier alpha value is -2.84. The third kappa shape index (κ3) is 3.55. The van der Waals surface area contributed by atoms with Crippen LogP contribution in [0.15, 0.2) is 42.5 Å². The summed E-state index contributed by atoms with van der Waals surface area (Å²) in [5.74, 6) is -0.719. The number of fused-ring (bicyclic) bond motifs is 1. The third-order valence-electron chi connectivity index (χ3n) is 3.53. The highest BCUT2D eigenvalue weighted by atomic mass is 32.1. The van der Waals surface area contributed by atoms with Crippen LogP contribution >= 0.6 is 11.7 Å². The summed E-state index contributed by atoms with van der Waals surface area (Å²) in [4.78, 5) is 23.4. The van der Waals surface area contributed by atoms with Crippen molar-refractivity contribution >= 4 is 34.6 Å². The van der Waals surface area contributed by atoms with E-state index < -0.39 is 5.91 Å². The highest BCUT2D eigenvalue weighted by Crippen LogP contribution is 2.13. The van der Waals surface area contributed by atoms with Gasteiger partial charge in [-0.1, -0.05) is 12.1 Å². The van der Waals surface area contributed by atoms with Gasteiger partial charge in [0, 0.05) is 17.7 Å². The minimum Gasteiger partial charge on any atom is -0.352 e. The fourth-order valence-electron chi connectivity index (χ4n) is 2.23. The number of nitrogens with one attached hydrogen (secondary N) is 2. The lowest BCUT2D eigenvalue weighted by molar-refractivity contribution is 0.0706. The van der Waals surface area contributed by atoms with Crippen LogP contribution in [0.25, 0.3) is 11.0 Å². The molecule has 0 aliphatic heterocycles. The number of nitrogens with zero attached hydrogens (tertiary/aromatic N) is 2. The smallest absolute Gasteiger partial charge is 0.274 e. The molecular formula is C16H14N4O3S. The first-order valence-corrected chi connectivity index (χ1v) is 7.94. The number of hydrogen-bond donors (Lipinski definition) is 3. The molecule has 0 radical (unpaired) electrons. The summed E-state index contributed by atoms with van der Waals surface area (Å²) < 4.78 is 8.22. The molecule has 0 saturated heterocycles. The summed E-state index contributed by atoms with van der Waals surface area (Å²) in [5.41, 5.74) is 4.97. The summed E-state index contributed by atoms with van der Waals surface area (Å²) >= 11 is 1.12. The average molecular weight is 342 g/mol. The van der Waals surface area contributed by atoms with E-state index in [4.69, 9.17) is 5.21 Å². The van der Waals surface area contributed by atoms with Gasteiger partial charge in [-0.05, 0) is 42.3 Å². The molecule has 1 heterocycles. The van der Waals surface area contributed by atoms with E-state index in [1.165, 1.54) is 0 Å². The van der Waals surface area contributed by atoms with Crippen LogP contribution in [-0.4, -0.2) is 32.3 Å². The molecule has 0 unspecified atom stereocenters. The zero-order valence-electron chi connectivity index (χ0n) is 12.5. The van der Waals surface area contributed by atoms with Gasteiger partial charge in [0.05, 0.1) is 11.7 Å². The normalized spacial score (nSPS) is 10.5. The Bertz CT molecular complexity index is 876. The Kier molecular flexibility index (Phi) is 4.78. The Balaban J connectivity index is 1.55. The average Bonchev–Trinajstić information content (AvgIpc) is 3.09. The number of rotatable bonds is 5. The van der Waals surface area contributed by atoms with Gasteiger partial charge in [0.1, 0.15) is 11.0 Å². The zero-order valence-corrected chi connectivity index (χ0v) is 13.3. The van der Waals surface area contributed by atoms with Gasteiger partial charge in [0.25, 0.3) is 11.8 Å². The van der Waals surface area contributed by atoms with Gasteiger partial charge < -0.3 is 5.32 Å². The first-order valence-electron chi connectivity index (χ1n) is 7.21. The molecule has 0 saturated carbocycles. The molecule has 2 amide bonds. The second-order valence-electron chi connectivity index (χ2n) is 5.11. The van der Waals surface area contributed by atoms with Crippen molar-refractivity contribution < 1.29 is 14.8 Å². The van der Waals surface area contributed by atoms with E-state index in [9.17, 15) is 9.59 Å². The maximum Gasteiger partial charge on any atom is 0.274 e. The van der Waals surface area contributed by atoms with E-state index in [-0.39, 0.29) is 5.91 Å². The molecule has 3 N–H and O–H groups in total. The van der Waals surface area contributed by atoms with Crippen LogP contribution in [0.3, 0.4) is 0 Å². The summed E-state index contributed by atoms with van der Waals surface area (Å²) in [6, 6.07) is 12.0. The molecule has 0 spiro atoms. The van der Waals surface area contributed by atoms with Crippen LogP contribution in [0.2, 0.25) is 0 Å². The molecule has 0 bridgehead atoms. The Labute approximate surface area is 141 Å². The van der Waals surface area contributed by atoms with E-state index in [1.54, 1.807) is 47.9 Å². The van der Waals surface area contributed by atoms with Crippen molar-refractivity contribution in [2.24, 2.45) is 0 Å². The lowest BCUT2D eigenvalue weighted by atomic mass is 10.1. The summed E-state index contributed by atoms with van der Waals surface area (Å²) in [7, 11) is 0. The molecule has 3 aromatic rings. The van der Waals surface area contributed by atoms with Gasteiger partial charge in [0.15, 0.2) is 0 Å². The first-order chi connectivity index (χ1) is 11.7. The monoisotopic (exact) mass is 342 g/mol. The topological polar surface area (TPSA) is 104 Å². The van der Waals surface area contributed by atoms with E-state index in [0.717, 1.165) is 22.8 Å². The van der Waals surface area contributed by atoms with E-state index in [1.807, 2.05) is 0 Å². The molecule has 8 heteroatoms. The van der Waals surface area contributed by atoms with Crippen LogP contribution in [0.4, 0.5) is 0 Å². The standard InChI is InChI=1S/C16H14N4O3S/c21-15(12-5-6-13-14(9-12)20-24-19-13)17-8-7-10-1-3-11(4-2-10)16(22)18-23/h1-6,9,23H,7-8H2,(H,17,21)(H,18,22). The van der Waals surface area contributed by atoms with Gasteiger partial charge >= 0.3 is 0 Å². The van der Waals surface area contributed by atoms with Gasteiger partial charge in [-0.25, -0.2) is 5.48 Å². The van der Waals surface area contributed by atoms with Crippen LogP contribution < -0.4 is 10.8 Å². The number of benzene rings is 2. The van der Waals surface area contributed by atoms with Crippen molar-refractivity contribution in [3.8, 4) is 0 Å². The molecule has 1 aromatic heterocycles. The van der Waals surface area contributed by atoms with Gasteiger partial charge in [-0.3, -0.25) is 14.8 Å². The first kappa shape index (κ1) is 16.0. The molecule has 0 aliphatic carbocycles. The Morgan fingerprint density at radius 2 is 1.67 bits per heavy atom. The van der Waals surface area contributed by atoms with Crippen LogP contribution in [-0.2, 0) is 6.42 Å². The lowest BCUT2D eigenvalue weighted by Crippen LogP contribution is -2.25. The molecule has 122 valence electrons. The Morgan fingerprint density at radius 1 is 0.958 bits per heavy atom. The van der Waals surface area contributed by atoms with Crippen LogP contribution in [0.1, 0.15) is 26.3 Å². The number of carbonyl (C=O) groups excluding carboxylic acids is 2. The van der Waals surface area contributed by atoms with Gasteiger partial charge in [-0.15, -0.1) is 0 Å². The minimum atomic E-state index is -0.554. The second kappa shape index (κ2) is 7.16. The molecule has 0 aliphatic rings. The molecule has 0 atom stereocenters. The summed E-state index contributed by atoms with van der Waals surface area (Å²) in [6.45, 7) is 0.470. The van der Waals surface area contributed by atoms with E-state index in [2.05, 4.69) is 14.1 Å². The molecule has 2 aromatic carbocycles. The van der Waals surface area contributed by atoms with Crippen LogP contribution in [0, 0.1) is 0 Å². The van der Waals surface area contributed by atoms with Crippen molar-refractivity contribution in [3.05, 3.63) is 59.2 Å². The van der Waals surface area contributed by atoms with Crippen LogP contribution in [0.5, 0.6) is 0 Å². The highest BCUT2D eigenvalue weighted by molar-refractivity contribution is 7.00. The van der Waals surface area contributed by atoms with Crippen molar-refractivity contribution in [1.82, 2.24) is 19.5 Å². The summed E-state index contributed by atoms with van der Waals surface area (Å²) in [5, 5.41) is 11.4. The van der Waals surface area contributed by atoms with Crippen molar-refractivity contribution in [3.63, 3.8) is 0 Å². The molecule has 3 rings (SSSR count). The maximum atomic E-state index is 12.1. The quantitative estimate of drug-likeness (QED) is 0.484. The van der Waals surface area contributed by atoms with E-state index in [0.29, 0.717) is 29.6 Å². The third-order valence-corrected chi connectivity index (χ3v) is 4.09. The summed E-state index contributed by atoms with van der Waals surface area (Å²) in [6.07, 6.45) is 0.632.